The van der Waals surface area contributed by atoms with Crippen molar-refractivity contribution in [2.24, 2.45) is 11.8 Å². The van der Waals surface area contributed by atoms with Crippen molar-refractivity contribution in [3.63, 3.8) is 0 Å². The number of likely N-dealkylation sites (tertiary alicyclic amines) is 1. The van der Waals surface area contributed by atoms with E-state index in [4.69, 9.17) is 0 Å². The van der Waals surface area contributed by atoms with Crippen LogP contribution in [0.15, 0.2) is 0 Å². The van der Waals surface area contributed by atoms with Crippen LogP contribution in [0, 0.1) is 11.8 Å². The first-order valence-electron chi connectivity index (χ1n) is 6.76. The largest absolute Gasteiger partial charge is 0.338 e. The Kier molecular flexibility index (Phi) is 3.10. The molecule has 102 valence electrons. The molecule has 3 rings (SSSR count). The zero-order valence-corrected chi connectivity index (χ0v) is 11.3. The number of fused-ring (bicyclic) bond motifs is 1. The van der Waals surface area contributed by atoms with Crippen LogP contribution in [0.3, 0.4) is 0 Å². The summed E-state index contributed by atoms with van der Waals surface area (Å²) in [4.78, 5) is 14.2. The highest BCUT2D eigenvalue weighted by molar-refractivity contribution is 7.91. The Morgan fingerprint density at radius 2 is 2.11 bits per heavy atom. The van der Waals surface area contributed by atoms with E-state index in [-0.39, 0.29) is 23.3 Å². The summed E-state index contributed by atoms with van der Waals surface area (Å²) in [6.45, 7) is 2.78. The standard InChI is InChI=1S/C12H20N2O3S/c15-12(5-9-2-4-18(16,17)8-9)14-3-1-10-6-13-7-11(10)14/h9-11,13H,1-8H2/t9?,10-,11+/m0/s1. The molecule has 0 aromatic carbocycles. The Labute approximate surface area is 108 Å². The average molecular weight is 272 g/mol. The third kappa shape index (κ3) is 2.28. The minimum Gasteiger partial charge on any atom is -0.338 e. The monoisotopic (exact) mass is 272 g/mol. The number of carbonyl (C=O) groups is 1. The normalized spacial score (nSPS) is 38.0. The molecule has 3 atom stereocenters. The van der Waals surface area contributed by atoms with Crippen molar-refractivity contribution in [1.82, 2.24) is 10.2 Å². The fraction of sp³-hybridized carbons (Fsp3) is 0.917. The molecule has 3 fully saturated rings. The van der Waals surface area contributed by atoms with E-state index in [1.54, 1.807) is 0 Å². The van der Waals surface area contributed by atoms with Crippen molar-refractivity contribution in [3.05, 3.63) is 0 Å². The first kappa shape index (κ1) is 12.4. The van der Waals surface area contributed by atoms with Gasteiger partial charge in [-0.25, -0.2) is 8.42 Å². The molecule has 3 heterocycles. The Hall–Kier alpha value is -0.620. The zero-order valence-electron chi connectivity index (χ0n) is 10.5. The molecule has 0 aliphatic carbocycles. The molecule has 3 aliphatic heterocycles. The van der Waals surface area contributed by atoms with Gasteiger partial charge in [-0.15, -0.1) is 0 Å². The molecule has 5 nitrogen and oxygen atoms in total. The molecule has 1 amide bonds. The summed E-state index contributed by atoms with van der Waals surface area (Å²) in [5, 5.41) is 3.33. The second-order valence-corrected chi connectivity index (χ2v) is 8.06. The van der Waals surface area contributed by atoms with Gasteiger partial charge in [0.2, 0.25) is 5.91 Å². The Balaban J connectivity index is 1.59. The molecule has 3 aliphatic rings. The zero-order chi connectivity index (χ0) is 12.8. The van der Waals surface area contributed by atoms with Gasteiger partial charge in [0, 0.05) is 32.1 Å². The third-order valence-corrected chi connectivity index (χ3v) is 6.39. The predicted molar refractivity (Wildman–Crippen MR) is 67.9 cm³/mol. The average Bonchev–Trinajstić information content (AvgIpc) is 2.92. The lowest BCUT2D eigenvalue weighted by Crippen LogP contribution is -2.39. The van der Waals surface area contributed by atoms with Gasteiger partial charge in [-0.3, -0.25) is 4.79 Å². The second kappa shape index (κ2) is 4.49. The summed E-state index contributed by atoms with van der Waals surface area (Å²) in [6, 6.07) is 0.357. The van der Waals surface area contributed by atoms with E-state index >= 15 is 0 Å². The van der Waals surface area contributed by atoms with Crippen LogP contribution in [0.5, 0.6) is 0 Å². The quantitative estimate of drug-likeness (QED) is 0.745. The minimum atomic E-state index is -2.87. The fourth-order valence-electron chi connectivity index (χ4n) is 3.56. The summed E-state index contributed by atoms with van der Waals surface area (Å²) in [7, 11) is -2.87. The molecule has 0 aromatic heterocycles. The SMILES string of the molecule is O=C(CC1CCS(=O)(=O)C1)N1CC[C@H]2CNC[C@H]21. The van der Waals surface area contributed by atoms with Crippen LogP contribution in [0.25, 0.3) is 0 Å². The summed E-state index contributed by atoms with van der Waals surface area (Å²) in [6.07, 6.45) is 2.17. The Bertz CT molecular complexity index is 448. The number of sulfone groups is 1. The summed E-state index contributed by atoms with van der Waals surface area (Å²) in [5.74, 6) is 1.29. The maximum absolute atomic E-state index is 12.3. The summed E-state index contributed by atoms with van der Waals surface area (Å²) < 4.78 is 22.8. The highest BCUT2D eigenvalue weighted by Crippen LogP contribution is 2.29. The molecular formula is C12H20N2O3S. The molecule has 1 unspecified atom stereocenters. The summed E-state index contributed by atoms with van der Waals surface area (Å²) in [5.41, 5.74) is 0. The fourth-order valence-corrected chi connectivity index (χ4v) is 5.42. The highest BCUT2D eigenvalue weighted by Gasteiger charge is 2.40. The van der Waals surface area contributed by atoms with Gasteiger partial charge in [-0.2, -0.15) is 0 Å². The topological polar surface area (TPSA) is 66.5 Å². The maximum atomic E-state index is 12.3. The van der Waals surface area contributed by atoms with Gasteiger partial charge in [0.1, 0.15) is 0 Å². The van der Waals surface area contributed by atoms with E-state index in [1.807, 2.05) is 4.90 Å². The van der Waals surface area contributed by atoms with Gasteiger partial charge in [-0.1, -0.05) is 0 Å². The molecule has 0 aromatic rings. The van der Waals surface area contributed by atoms with Gasteiger partial charge in [0.15, 0.2) is 9.84 Å². The predicted octanol–water partition coefficient (Wildman–Crippen LogP) is -0.368. The van der Waals surface area contributed by atoms with Gasteiger partial charge in [0.25, 0.3) is 0 Å². The Morgan fingerprint density at radius 1 is 1.28 bits per heavy atom. The maximum Gasteiger partial charge on any atom is 0.223 e. The van der Waals surface area contributed by atoms with Crippen LogP contribution in [0.1, 0.15) is 19.3 Å². The van der Waals surface area contributed by atoms with Crippen molar-refractivity contribution in [2.75, 3.05) is 31.1 Å². The van der Waals surface area contributed by atoms with Crippen LogP contribution in [-0.4, -0.2) is 56.4 Å². The van der Waals surface area contributed by atoms with Crippen LogP contribution in [0.2, 0.25) is 0 Å². The minimum absolute atomic E-state index is 0.0518. The summed E-state index contributed by atoms with van der Waals surface area (Å²) >= 11 is 0. The van der Waals surface area contributed by atoms with Gasteiger partial charge < -0.3 is 10.2 Å². The first-order valence-corrected chi connectivity index (χ1v) is 8.58. The van der Waals surface area contributed by atoms with Crippen molar-refractivity contribution in [1.29, 1.82) is 0 Å². The molecule has 0 saturated carbocycles. The van der Waals surface area contributed by atoms with Crippen molar-refractivity contribution in [3.8, 4) is 0 Å². The lowest BCUT2D eigenvalue weighted by Gasteiger charge is -2.24. The molecule has 0 bridgehead atoms. The lowest BCUT2D eigenvalue weighted by atomic mass is 10.0. The molecular weight excluding hydrogens is 252 g/mol. The first-order chi connectivity index (χ1) is 8.55. The smallest absolute Gasteiger partial charge is 0.223 e. The van der Waals surface area contributed by atoms with E-state index in [1.165, 1.54) is 0 Å². The molecule has 1 N–H and O–H groups in total. The number of carbonyl (C=O) groups excluding carboxylic acids is 1. The number of rotatable bonds is 2. The van der Waals surface area contributed by atoms with E-state index < -0.39 is 9.84 Å². The lowest BCUT2D eigenvalue weighted by molar-refractivity contribution is -0.132. The van der Waals surface area contributed by atoms with Gasteiger partial charge >= 0.3 is 0 Å². The van der Waals surface area contributed by atoms with Crippen LogP contribution in [0.4, 0.5) is 0 Å². The second-order valence-electron chi connectivity index (χ2n) is 5.83. The number of nitrogens with zero attached hydrogens (tertiary/aromatic N) is 1. The number of amides is 1. The van der Waals surface area contributed by atoms with Crippen LogP contribution < -0.4 is 5.32 Å². The molecule has 3 saturated heterocycles. The van der Waals surface area contributed by atoms with Crippen LogP contribution >= 0.6 is 0 Å². The third-order valence-electron chi connectivity index (χ3n) is 4.56. The number of hydrogen-bond acceptors (Lipinski definition) is 4. The molecule has 0 spiro atoms. The number of hydrogen-bond donors (Lipinski definition) is 1. The van der Waals surface area contributed by atoms with E-state index in [9.17, 15) is 13.2 Å². The van der Waals surface area contributed by atoms with Gasteiger partial charge in [0.05, 0.1) is 11.5 Å². The Morgan fingerprint density at radius 3 is 2.83 bits per heavy atom. The van der Waals surface area contributed by atoms with Crippen molar-refractivity contribution < 1.29 is 13.2 Å². The van der Waals surface area contributed by atoms with Crippen molar-refractivity contribution >= 4 is 15.7 Å². The highest BCUT2D eigenvalue weighted by atomic mass is 32.2. The molecule has 18 heavy (non-hydrogen) atoms. The van der Waals surface area contributed by atoms with E-state index in [0.717, 1.165) is 26.1 Å². The molecule has 6 heteroatoms. The van der Waals surface area contributed by atoms with Crippen LogP contribution in [-0.2, 0) is 14.6 Å². The van der Waals surface area contributed by atoms with Gasteiger partial charge in [-0.05, 0) is 24.7 Å². The molecule has 0 radical (unpaired) electrons. The van der Waals surface area contributed by atoms with E-state index in [2.05, 4.69) is 5.32 Å². The number of nitrogens with one attached hydrogen (secondary N) is 1. The van der Waals surface area contributed by atoms with E-state index in [0.29, 0.717) is 24.8 Å². The van der Waals surface area contributed by atoms with Crippen molar-refractivity contribution in [2.45, 2.75) is 25.3 Å².